The van der Waals surface area contributed by atoms with Crippen LogP contribution in [0.3, 0.4) is 0 Å². The molecule has 3 N–H and O–H groups in total. The molecule has 1 aromatic carbocycles. The highest BCUT2D eigenvalue weighted by atomic mass is 32.2. The summed E-state index contributed by atoms with van der Waals surface area (Å²) in [7, 11) is -2.14. The number of sulfonamides is 1. The Kier molecular flexibility index (Phi) is 4.25. The summed E-state index contributed by atoms with van der Waals surface area (Å²) < 4.78 is 32.6. The number of rotatable bonds is 7. The average Bonchev–Trinajstić information content (AvgIpc) is 3.17. The van der Waals surface area contributed by atoms with Crippen LogP contribution in [0.1, 0.15) is 32.6 Å². The van der Waals surface area contributed by atoms with E-state index in [2.05, 4.69) is 11.6 Å². The van der Waals surface area contributed by atoms with Gasteiger partial charge in [-0.15, -0.1) is 0 Å². The molecule has 1 saturated carbocycles. The fourth-order valence-corrected chi connectivity index (χ4v) is 3.81. The Bertz CT molecular complexity index is 580. The lowest BCUT2D eigenvalue weighted by Gasteiger charge is -2.16. The predicted molar refractivity (Wildman–Crippen MR) is 79.2 cm³/mol. The molecular formula is C14H22N2O3S. The topological polar surface area (TPSA) is 81.4 Å². The van der Waals surface area contributed by atoms with Crippen molar-refractivity contribution >= 4 is 15.7 Å². The highest BCUT2D eigenvalue weighted by molar-refractivity contribution is 7.89. The molecule has 0 heterocycles. The van der Waals surface area contributed by atoms with Crippen molar-refractivity contribution in [3.63, 3.8) is 0 Å². The molecule has 2 rings (SSSR count). The molecule has 6 heteroatoms. The van der Waals surface area contributed by atoms with Crippen molar-refractivity contribution in [3.8, 4) is 5.75 Å². The summed E-state index contributed by atoms with van der Waals surface area (Å²) in [6, 6.07) is 4.63. The Hall–Kier alpha value is -1.27. The fraction of sp³-hybridized carbons (Fsp3) is 0.571. The lowest BCUT2D eigenvalue weighted by Crippen LogP contribution is -2.30. The molecule has 1 fully saturated rings. The Morgan fingerprint density at radius 3 is 2.65 bits per heavy atom. The maximum Gasteiger partial charge on any atom is 0.244 e. The number of hydrogen-bond acceptors (Lipinski definition) is 4. The molecule has 0 radical (unpaired) electrons. The molecule has 1 aromatic rings. The van der Waals surface area contributed by atoms with Crippen LogP contribution in [0.25, 0.3) is 0 Å². The Morgan fingerprint density at radius 2 is 2.10 bits per heavy atom. The lowest BCUT2D eigenvalue weighted by molar-refractivity contribution is 0.401. The molecule has 20 heavy (non-hydrogen) atoms. The molecule has 0 bridgehead atoms. The van der Waals surface area contributed by atoms with Gasteiger partial charge in [0.05, 0.1) is 7.11 Å². The van der Waals surface area contributed by atoms with E-state index in [1.54, 1.807) is 12.1 Å². The van der Waals surface area contributed by atoms with Gasteiger partial charge in [0.2, 0.25) is 10.0 Å². The molecule has 0 saturated heterocycles. The SMILES string of the molecule is CCCC1(CNS(=O)(=O)c2cc(N)ccc2OC)CC1. The Morgan fingerprint density at radius 1 is 1.40 bits per heavy atom. The molecule has 1 aliphatic carbocycles. The second-order valence-corrected chi connectivity index (χ2v) is 7.22. The van der Waals surface area contributed by atoms with Crippen LogP contribution in [0, 0.1) is 5.41 Å². The first kappa shape index (κ1) is 15.1. The molecule has 0 atom stereocenters. The number of nitrogen functional groups attached to an aromatic ring is 1. The Labute approximate surface area is 120 Å². The van der Waals surface area contributed by atoms with E-state index in [-0.39, 0.29) is 10.3 Å². The van der Waals surface area contributed by atoms with Gasteiger partial charge in [0.25, 0.3) is 0 Å². The van der Waals surface area contributed by atoms with Crippen molar-refractivity contribution in [1.82, 2.24) is 4.72 Å². The average molecular weight is 298 g/mol. The van der Waals surface area contributed by atoms with Crippen LogP contribution in [0.5, 0.6) is 5.75 Å². The number of benzene rings is 1. The predicted octanol–water partition coefficient (Wildman–Crippen LogP) is 2.14. The third-order valence-electron chi connectivity index (χ3n) is 3.85. The smallest absolute Gasteiger partial charge is 0.244 e. The summed E-state index contributed by atoms with van der Waals surface area (Å²) in [5.41, 5.74) is 6.24. The van der Waals surface area contributed by atoms with Gasteiger partial charge in [0.1, 0.15) is 10.6 Å². The van der Waals surface area contributed by atoms with Crippen molar-refractivity contribution < 1.29 is 13.2 Å². The first-order valence-corrected chi connectivity index (χ1v) is 8.34. The number of hydrogen-bond donors (Lipinski definition) is 2. The lowest BCUT2D eigenvalue weighted by atomic mass is 10.0. The van der Waals surface area contributed by atoms with E-state index < -0.39 is 10.0 Å². The first-order valence-electron chi connectivity index (χ1n) is 6.86. The van der Waals surface area contributed by atoms with E-state index in [0.29, 0.717) is 18.0 Å². The van der Waals surface area contributed by atoms with Crippen LogP contribution in [0.15, 0.2) is 23.1 Å². The summed E-state index contributed by atoms with van der Waals surface area (Å²) in [6.45, 7) is 2.61. The third kappa shape index (κ3) is 3.24. The number of anilines is 1. The fourth-order valence-electron chi connectivity index (χ4n) is 2.45. The molecule has 112 valence electrons. The van der Waals surface area contributed by atoms with Gasteiger partial charge in [-0.25, -0.2) is 13.1 Å². The van der Waals surface area contributed by atoms with Gasteiger partial charge < -0.3 is 10.5 Å². The summed E-state index contributed by atoms with van der Waals surface area (Å²) >= 11 is 0. The van der Waals surface area contributed by atoms with Gasteiger partial charge in [0.15, 0.2) is 0 Å². The van der Waals surface area contributed by atoms with Crippen LogP contribution >= 0.6 is 0 Å². The molecule has 5 nitrogen and oxygen atoms in total. The molecule has 0 amide bonds. The minimum absolute atomic E-state index is 0.104. The highest BCUT2D eigenvalue weighted by Gasteiger charge is 2.42. The zero-order valence-electron chi connectivity index (χ0n) is 12.0. The van der Waals surface area contributed by atoms with E-state index >= 15 is 0 Å². The van der Waals surface area contributed by atoms with Gasteiger partial charge in [0, 0.05) is 12.2 Å². The molecule has 1 aliphatic rings. The maximum absolute atomic E-state index is 12.4. The van der Waals surface area contributed by atoms with Crippen LogP contribution < -0.4 is 15.2 Å². The van der Waals surface area contributed by atoms with Gasteiger partial charge >= 0.3 is 0 Å². The van der Waals surface area contributed by atoms with Gasteiger partial charge in [-0.3, -0.25) is 0 Å². The van der Waals surface area contributed by atoms with E-state index in [1.165, 1.54) is 13.2 Å². The summed E-state index contributed by atoms with van der Waals surface area (Å²) in [6.07, 6.45) is 4.32. The second kappa shape index (κ2) is 5.61. The normalized spacial score (nSPS) is 16.9. The third-order valence-corrected chi connectivity index (χ3v) is 5.27. The highest BCUT2D eigenvalue weighted by Crippen LogP contribution is 2.49. The molecule has 0 unspecified atom stereocenters. The van der Waals surface area contributed by atoms with E-state index in [4.69, 9.17) is 10.5 Å². The standard InChI is InChI=1S/C14H22N2O3S/c1-3-6-14(7-8-14)10-16-20(17,18)13-9-11(15)4-5-12(13)19-2/h4-5,9,16H,3,6-8,10,15H2,1-2H3. The van der Waals surface area contributed by atoms with Crippen LogP contribution in [-0.2, 0) is 10.0 Å². The summed E-state index contributed by atoms with van der Waals surface area (Å²) in [4.78, 5) is 0.104. The van der Waals surface area contributed by atoms with Gasteiger partial charge in [-0.05, 0) is 42.9 Å². The zero-order valence-corrected chi connectivity index (χ0v) is 12.8. The van der Waals surface area contributed by atoms with Crippen molar-refractivity contribution in [2.75, 3.05) is 19.4 Å². The number of methoxy groups -OCH3 is 1. The van der Waals surface area contributed by atoms with Crippen molar-refractivity contribution in [2.24, 2.45) is 5.41 Å². The largest absolute Gasteiger partial charge is 0.495 e. The zero-order chi connectivity index (χ0) is 14.8. The van der Waals surface area contributed by atoms with Crippen molar-refractivity contribution in [1.29, 1.82) is 0 Å². The maximum atomic E-state index is 12.4. The van der Waals surface area contributed by atoms with Crippen molar-refractivity contribution in [3.05, 3.63) is 18.2 Å². The molecule has 0 aliphatic heterocycles. The van der Waals surface area contributed by atoms with Crippen LogP contribution in [0.2, 0.25) is 0 Å². The van der Waals surface area contributed by atoms with Gasteiger partial charge in [-0.1, -0.05) is 13.3 Å². The monoisotopic (exact) mass is 298 g/mol. The van der Waals surface area contributed by atoms with Crippen molar-refractivity contribution in [2.45, 2.75) is 37.5 Å². The van der Waals surface area contributed by atoms with E-state index in [1.807, 2.05) is 0 Å². The molecule has 0 spiro atoms. The molecule has 0 aromatic heterocycles. The minimum Gasteiger partial charge on any atom is -0.495 e. The Balaban J connectivity index is 2.16. The number of ether oxygens (including phenoxy) is 1. The first-order chi connectivity index (χ1) is 9.42. The quantitative estimate of drug-likeness (QED) is 0.756. The summed E-state index contributed by atoms with van der Waals surface area (Å²) in [5.74, 6) is 0.312. The second-order valence-electron chi connectivity index (χ2n) is 5.48. The number of nitrogens with two attached hydrogens (primary N) is 1. The van der Waals surface area contributed by atoms with Crippen LogP contribution in [0.4, 0.5) is 5.69 Å². The summed E-state index contributed by atoms with van der Waals surface area (Å²) in [5, 5.41) is 0. The van der Waals surface area contributed by atoms with Crippen LogP contribution in [-0.4, -0.2) is 22.1 Å². The molecular weight excluding hydrogens is 276 g/mol. The van der Waals surface area contributed by atoms with E-state index in [0.717, 1.165) is 25.7 Å². The van der Waals surface area contributed by atoms with Gasteiger partial charge in [-0.2, -0.15) is 0 Å². The minimum atomic E-state index is -3.59. The number of nitrogens with one attached hydrogen (secondary N) is 1. The van der Waals surface area contributed by atoms with E-state index in [9.17, 15) is 8.42 Å².